The van der Waals surface area contributed by atoms with Crippen molar-refractivity contribution in [3.63, 3.8) is 0 Å². The number of rotatable bonds is 7. The molecule has 5 nitrogen and oxygen atoms in total. The van der Waals surface area contributed by atoms with Gasteiger partial charge in [0.2, 0.25) is 5.91 Å². The molecule has 122 valence electrons. The molecule has 0 spiro atoms. The summed E-state index contributed by atoms with van der Waals surface area (Å²) in [7, 11) is 0. The van der Waals surface area contributed by atoms with Crippen molar-refractivity contribution in [1.29, 1.82) is 0 Å². The summed E-state index contributed by atoms with van der Waals surface area (Å²) in [5.74, 6) is 1.74. The molecule has 0 aliphatic carbocycles. The van der Waals surface area contributed by atoms with Gasteiger partial charge in [-0.05, 0) is 56.5 Å². The van der Waals surface area contributed by atoms with Crippen molar-refractivity contribution < 1.29 is 14.3 Å². The lowest BCUT2D eigenvalue weighted by molar-refractivity contribution is -0.132. The number of nitrogens with zero attached hydrogens (tertiary/aromatic N) is 1. The van der Waals surface area contributed by atoms with Gasteiger partial charge in [-0.25, -0.2) is 0 Å². The minimum absolute atomic E-state index is 0.183. The highest BCUT2D eigenvalue weighted by Gasteiger charge is 2.22. The summed E-state index contributed by atoms with van der Waals surface area (Å²) >= 11 is 0. The highest BCUT2D eigenvalue weighted by Crippen LogP contribution is 2.34. The molecule has 5 heteroatoms. The molecule has 0 unspecified atom stereocenters. The molecule has 0 aromatic heterocycles. The molecule has 0 atom stereocenters. The normalized spacial score (nSPS) is 13.7. The van der Waals surface area contributed by atoms with E-state index in [9.17, 15) is 4.79 Å². The zero-order valence-corrected chi connectivity index (χ0v) is 13.6. The predicted molar refractivity (Wildman–Crippen MR) is 86.2 cm³/mol. The van der Waals surface area contributed by atoms with Crippen LogP contribution in [0.2, 0.25) is 0 Å². The SMILES string of the molecule is CCOc1cc2c(cc1OCC)CN(C(=O)CCCN)CC2. The number of benzene rings is 1. The molecule has 22 heavy (non-hydrogen) atoms. The van der Waals surface area contributed by atoms with E-state index in [4.69, 9.17) is 15.2 Å². The lowest BCUT2D eigenvalue weighted by Gasteiger charge is -2.30. The van der Waals surface area contributed by atoms with E-state index in [1.54, 1.807) is 0 Å². The summed E-state index contributed by atoms with van der Waals surface area (Å²) in [5, 5.41) is 0. The van der Waals surface area contributed by atoms with Crippen molar-refractivity contribution in [3.8, 4) is 11.5 Å². The number of carbonyl (C=O) groups excluding carboxylic acids is 1. The van der Waals surface area contributed by atoms with Gasteiger partial charge in [0.05, 0.1) is 13.2 Å². The summed E-state index contributed by atoms with van der Waals surface area (Å²) in [4.78, 5) is 14.1. The van der Waals surface area contributed by atoms with Gasteiger partial charge < -0.3 is 20.1 Å². The van der Waals surface area contributed by atoms with Gasteiger partial charge in [0.15, 0.2) is 11.5 Å². The smallest absolute Gasteiger partial charge is 0.222 e. The van der Waals surface area contributed by atoms with Gasteiger partial charge in [-0.1, -0.05) is 0 Å². The minimum Gasteiger partial charge on any atom is -0.490 e. The molecule has 0 saturated carbocycles. The first kappa shape index (κ1) is 16.6. The number of hydrogen-bond acceptors (Lipinski definition) is 4. The first-order chi connectivity index (χ1) is 10.7. The molecule has 2 N–H and O–H groups in total. The van der Waals surface area contributed by atoms with Crippen LogP contribution in [0.1, 0.15) is 37.8 Å². The number of fused-ring (bicyclic) bond motifs is 1. The molecular formula is C17H26N2O3. The average Bonchev–Trinajstić information content (AvgIpc) is 2.53. The van der Waals surface area contributed by atoms with Crippen molar-refractivity contribution in [2.24, 2.45) is 5.73 Å². The molecular weight excluding hydrogens is 280 g/mol. The van der Waals surface area contributed by atoms with Crippen molar-refractivity contribution in [2.75, 3.05) is 26.3 Å². The summed E-state index contributed by atoms with van der Waals surface area (Å²) in [6.45, 7) is 7.09. The zero-order chi connectivity index (χ0) is 15.9. The molecule has 0 bridgehead atoms. The first-order valence-electron chi connectivity index (χ1n) is 8.08. The fourth-order valence-corrected chi connectivity index (χ4v) is 2.73. The molecule has 1 aliphatic heterocycles. The number of hydrogen-bond donors (Lipinski definition) is 1. The van der Waals surface area contributed by atoms with E-state index >= 15 is 0 Å². The van der Waals surface area contributed by atoms with Crippen LogP contribution in [0.15, 0.2) is 12.1 Å². The van der Waals surface area contributed by atoms with Gasteiger partial charge in [0.25, 0.3) is 0 Å². The Labute approximate surface area is 132 Å². The molecule has 1 aromatic rings. The number of amides is 1. The van der Waals surface area contributed by atoms with E-state index in [-0.39, 0.29) is 5.91 Å². The van der Waals surface area contributed by atoms with Crippen molar-refractivity contribution >= 4 is 5.91 Å². The van der Waals surface area contributed by atoms with Crippen LogP contribution in [-0.4, -0.2) is 37.1 Å². The number of ether oxygens (including phenoxy) is 2. The van der Waals surface area contributed by atoms with E-state index in [2.05, 4.69) is 6.07 Å². The first-order valence-corrected chi connectivity index (χ1v) is 8.08. The molecule has 1 heterocycles. The Bertz CT molecular complexity index is 517. The van der Waals surface area contributed by atoms with E-state index in [0.717, 1.165) is 36.4 Å². The zero-order valence-electron chi connectivity index (χ0n) is 13.6. The van der Waals surface area contributed by atoms with Crippen LogP contribution in [0.4, 0.5) is 0 Å². The fourth-order valence-electron chi connectivity index (χ4n) is 2.73. The van der Waals surface area contributed by atoms with Gasteiger partial charge >= 0.3 is 0 Å². The lowest BCUT2D eigenvalue weighted by Crippen LogP contribution is -2.36. The Morgan fingerprint density at radius 1 is 1.18 bits per heavy atom. The van der Waals surface area contributed by atoms with E-state index in [1.165, 1.54) is 5.56 Å². The van der Waals surface area contributed by atoms with Gasteiger partial charge in [0.1, 0.15) is 0 Å². The van der Waals surface area contributed by atoms with Crippen molar-refractivity contribution in [3.05, 3.63) is 23.3 Å². The molecule has 1 amide bonds. The van der Waals surface area contributed by atoms with Crippen molar-refractivity contribution in [1.82, 2.24) is 4.90 Å². The highest BCUT2D eigenvalue weighted by atomic mass is 16.5. The van der Waals surface area contributed by atoms with Crippen LogP contribution < -0.4 is 15.2 Å². The Balaban J connectivity index is 2.16. The highest BCUT2D eigenvalue weighted by molar-refractivity contribution is 5.76. The van der Waals surface area contributed by atoms with Crippen LogP contribution in [0.25, 0.3) is 0 Å². The third-order valence-corrected chi connectivity index (χ3v) is 3.83. The van der Waals surface area contributed by atoms with Gasteiger partial charge in [0, 0.05) is 19.5 Å². The van der Waals surface area contributed by atoms with Gasteiger partial charge in [-0.2, -0.15) is 0 Å². The van der Waals surface area contributed by atoms with Gasteiger partial charge in [-0.3, -0.25) is 4.79 Å². The second-order valence-electron chi connectivity index (χ2n) is 5.39. The van der Waals surface area contributed by atoms with E-state index < -0.39 is 0 Å². The van der Waals surface area contributed by atoms with Crippen LogP contribution in [0.5, 0.6) is 11.5 Å². The largest absolute Gasteiger partial charge is 0.490 e. The molecule has 0 saturated heterocycles. The van der Waals surface area contributed by atoms with E-state index in [1.807, 2.05) is 24.8 Å². The van der Waals surface area contributed by atoms with Crippen LogP contribution >= 0.6 is 0 Å². The van der Waals surface area contributed by atoms with Gasteiger partial charge in [-0.15, -0.1) is 0 Å². The Morgan fingerprint density at radius 2 is 1.82 bits per heavy atom. The maximum Gasteiger partial charge on any atom is 0.222 e. The topological polar surface area (TPSA) is 64.8 Å². The minimum atomic E-state index is 0.183. The third kappa shape index (κ3) is 3.91. The van der Waals surface area contributed by atoms with Crippen molar-refractivity contribution in [2.45, 2.75) is 39.7 Å². The Kier molecular flexibility index (Phi) is 6.07. The quantitative estimate of drug-likeness (QED) is 0.838. The molecule has 0 fully saturated rings. The standard InChI is InChI=1S/C17H26N2O3/c1-3-21-15-10-13-7-9-19(17(20)6-5-8-18)12-14(13)11-16(15)22-4-2/h10-11H,3-9,12,18H2,1-2H3. The maximum absolute atomic E-state index is 12.2. The Morgan fingerprint density at radius 3 is 2.41 bits per heavy atom. The van der Waals surface area contributed by atoms with Crippen LogP contribution in [0.3, 0.4) is 0 Å². The number of carbonyl (C=O) groups is 1. The Hall–Kier alpha value is -1.75. The predicted octanol–water partition coefficient (Wildman–Crippen LogP) is 2.11. The lowest BCUT2D eigenvalue weighted by atomic mass is 9.98. The fraction of sp³-hybridized carbons (Fsp3) is 0.588. The second kappa shape index (κ2) is 8.03. The summed E-state index contributed by atoms with van der Waals surface area (Å²) in [6, 6.07) is 4.08. The molecule has 1 aromatic carbocycles. The summed E-state index contributed by atoms with van der Waals surface area (Å²) in [6.07, 6.45) is 2.13. The average molecular weight is 306 g/mol. The summed E-state index contributed by atoms with van der Waals surface area (Å²) < 4.78 is 11.3. The van der Waals surface area contributed by atoms with E-state index in [0.29, 0.717) is 32.7 Å². The van der Waals surface area contributed by atoms with Crippen LogP contribution in [-0.2, 0) is 17.8 Å². The summed E-state index contributed by atoms with van der Waals surface area (Å²) in [5.41, 5.74) is 7.88. The molecule has 2 rings (SSSR count). The second-order valence-corrected chi connectivity index (χ2v) is 5.39. The monoisotopic (exact) mass is 306 g/mol. The third-order valence-electron chi connectivity index (χ3n) is 3.83. The molecule has 1 aliphatic rings. The maximum atomic E-state index is 12.2. The van der Waals surface area contributed by atoms with Crippen LogP contribution in [0, 0.1) is 0 Å². The number of nitrogens with two attached hydrogens (primary N) is 1. The molecule has 0 radical (unpaired) electrons.